The Morgan fingerprint density at radius 2 is 1.34 bits per heavy atom. The minimum absolute atomic E-state index is 0.116. The number of rotatable bonds is 5. The van der Waals surface area contributed by atoms with Crippen LogP contribution in [-0.2, 0) is 11.8 Å². The Hall–Kier alpha value is -3.69. The third-order valence-corrected chi connectivity index (χ3v) is 6.33. The molecule has 3 aromatic carbocycles. The number of hydrogen-bond donors (Lipinski definition) is 1. The summed E-state index contributed by atoms with van der Waals surface area (Å²) < 4.78 is 148. The third-order valence-electron chi connectivity index (χ3n) is 5.71. The number of anilines is 2. The molecule has 0 aliphatic rings. The number of nitrogens with zero attached hydrogens (tertiary/aromatic N) is 1. The van der Waals surface area contributed by atoms with E-state index in [-0.39, 0.29) is 11.6 Å². The van der Waals surface area contributed by atoms with E-state index in [4.69, 9.17) is 0 Å². The molecular formula is C25H14BrF11N2O2. The van der Waals surface area contributed by atoms with Gasteiger partial charge in [-0.25, -0.2) is 8.78 Å². The third kappa shape index (κ3) is 6.16. The van der Waals surface area contributed by atoms with E-state index in [1.54, 1.807) is 11.4 Å². The molecule has 220 valence electrons. The van der Waals surface area contributed by atoms with Crippen molar-refractivity contribution in [1.82, 2.24) is 0 Å². The van der Waals surface area contributed by atoms with E-state index in [1.165, 1.54) is 24.3 Å². The number of benzene rings is 3. The summed E-state index contributed by atoms with van der Waals surface area (Å²) in [6, 6.07) is 8.78. The highest BCUT2D eigenvalue weighted by molar-refractivity contribution is 9.10. The maximum atomic E-state index is 14.5. The number of halogens is 12. The van der Waals surface area contributed by atoms with Crippen LogP contribution >= 0.6 is 15.9 Å². The van der Waals surface area contributed by atoms with Crippen molar-refractivity contribution in [1.29, 1.82) is 0 Å². The van der Waals surface area contributed by atoms with Crippen LogP contribution in [0.4, 0.5) is 59.7 Å². The second-order valence-corrected chi connectivity index (χ2v) is 9.24. The Balaban J connectivity index is 2.07. The van der Waals surface area contributed by atoms with Crippen LogP contribution in [0.5, 0.6) is 0 Å². The SMILES string of the molecule is CN(C(=O)c1ccccc1)c1cc(C(=O)Nc2c(Br)cc(C(F)(C(F)(F)F)C(F)(F)F)cc2C(F)(F)F)ccc1F. The van der Waals surface area contributed by atoms with Crippen LogP contribution in [0.3, 0.4) is 0 Å². The van der Waals surface area contributed by atoms with Gasteiger partial charge >= 0.3 is 24.2 Å². The van der Waals surface area contributed by atoms with Crippen LogP contribution in [0.15, 0.2) is 65.1 Å². The summed E-state index contributed by atoms with van der Waals surface area (Å²) >= 11 is 2.38. The van der Waals surface area contributed by atoms with Gasteiger partial charge in [0.15, 0.2) is 0 Å². The lowest BCUT2D eigenvalue weighted by Gasteiger charge is -2.31. The Morgan fingerprint density at radius 1 is 0.780 bits per heavy atom. The zero-order valence-corrected chi connectivity index (χ0v) is 21.7. The number of alkyl halides is 10. The second kappa shape index (κ2) is 10.9. The van der Waals surface area contributed by atoms with Crippen molar-refractivity contribution in [3.63, 3.8) is 0 Å². The molecule has 3 aromatic rings. The van der Waals surface area contributed by atoms with Crippen molar-refractivity contribution in [2.45, 2.75) is 24.2 Å². The Labute approximate surface area is 231 Å². The van der Waals surface area contributed by atoms with Gasteiger partial charge in [0.05, 0.1) is 16.9 Å². The summed E-state index contributed by atoms with van der Waals surface area (Å²) in [5.41, 5.74) is -13.2. The monoisotopic (exact) mass is 662 g/mol. The second-order valence-electron chi connectivity index (χ2n) is 8.38. The smallest absolute Gasteiger partial charge is 0.320 e. The molecule has 0 saturated heterocycles. The molecule has 0 atom stereocenters. The van der Waals surface area contributed by atoms with Gasteiger partial charge in [-0.2, -0.15) is 39.5 Å². The van der Waals surface area contributed by atoms with Crippen LogP contribution in [0, 0.1) is 5.82 Å². The Morgan fingerprint density at radius 3 is 1.85 bits per heavy atom. The van der Waals surface area contributed by atoms with Gasteiger partial charge in [0.25, 0.3) is 11.8 Å². The van der Waals surface area contributed by atoms with Gasteiger partial charge in [0, 0.05) is 28.2 Å². The lowest BCUT2D eigenvalue weighted by atomic mass is 9.92. The summed E-state index contributed by atoms with van der Waals surface area (Å²) in [6.45, 7) is 0. The number of carbonyl (C=O) groups excluding carboxylic acids is 2. The maximum Gasteiger partial charge on any atom is 0.435 e. The molecular weight excluding hydrogens is 649 g/mol. The van der Waals surface area contributed by atoms with Crippen molar-refractivity contribution in [3.8, 4) is 0 Å². The summed E-state index contributed by atoms with van der Waals surface area (Å²) in [5, 5.41) is 1.69. The van der Waals surface area contributed by atoms with Gasteiger partial charge in [-0.15, -0.1) is 0 Å². The van der Waals surface area contributed by atoms with Gasteiger partial charge in [0.2, 0.25) is 0 Å². The van der Waals surface area contributed by atoms with E-state index in [2.05, 4.69) is 15.9 Å². The number of carbonyl (C=O) groups is 2. The van der Waals surface area contributed by atoms with E-state index in [9.17, 15) is 57.9 Å². The molecule has 0 aliphatic heterocycles. The zero-order valence-electron chi connectivity index (χ0n) is 20.1. The minimum Gasteiger partial charge on any atom is -0.320 e. The lowest BCUT2D eigenvalue weighted by molar-refractivity contribution is -0.348. The lowest BCUT2D eigenvalue weighted by Crippen LogP contribution is -2.50. The van der Waals surface area contributed by atoms with Crippen molar-refractivity contribution in [2.24, 2.45) is 0 Å². The highest BCUT2D eigenvalue weighted by Gasteiger charge is 2.73. The molecule has 0 aliphatic carbocycles. The topological polar surface area (TPSA) is 49.4 Å². The molecule has 41 heavy (non-hydrogen) atoms. The predicted molar refractivity (Wildman–Crippen MR) is 128 cm³/mol. The summed E-state index contributed by atoms with van der Waals surface area (Å²) in [5.74, 6) is -3.18. The summed E-state index contributed by atoms with van der Waals surface area (Å²) in [7, 11) is 1.14. The average Bonchev–Trinajstić information content (AvgIpc) is 2.87. The van der Waals surface area contributed by atoms with Crippen LogP contribution in [0.25, 0.3) is 0 Å². The Bertz CT molecular complexity index is 1460. The molecule has 0 bridgehead atoms. The van der Waals surface area contributed by atoms with Crippen molar-refractivity contribution < 1.29 is 57.9 Å². The van der Waals surface area contributed by atoms with Gasteiger partial charge in [-0.05, 0) is 58.4 Å². The number of hydrogen-bond acceptors (Lipinski definition) is 2. The minimum atomic E-state index is -6.70. The van der Waals surface area contributed by atoms with Crippen molar-refractivity contribution in [3.05, 3.63) is 93.2 Å². The summed E-state index contributed by atoms with van der Waals surface area (Å²) in [6.07, 6.45) is -19.1. The van der Waals surface area contributed by atoms with Gasteiger partial charge in [0.1, 0.15) is 5.82 Å². The zero-order chi connectivity index (χ0) is 31.1. The molecule has 0 aromatic heterocycles. The first-order chi connectivity index (χ1) is 18.7. The van der Waals surface area contributed by atoms with E-state index < -0.39 is 80.4 Å². The fraction of sp³-hybridized carbons (Fsp3) is 0.200. The van der Waals surface area contributed by atoms with E-state index in [0.717, 1.165) is 24.1 Å². The van der Waals surface area contributed by atoms with Crippen molar-refractivity contribution >= 4 is 39.1 Å². The van der Waals surface area contributed by atoms with Gasteiger partial charge < -0.3 is 10.2 Å². The van der Waals surface area contributed by atoms with E-state index in [0.29, 0.717) is 6.07 Å². The first-order valence-corrected chi connectivity index (χ1v) is 11.7. The number of amides is 2. The molecule has 16 heteroatoms. The standard InChI is InChI=1S/C25H14BrF11N2O2/c1-39(21(41)12-5-3-2-4-6-12)18-9-13(7-8-17(18)27)20(40)38-19-15(23(29,30)31)10-14(11-16(19)26)22(28,24(32,33)34)25(35,36)37/h2-11H,1H3,(H,38,40). The largest absolute Gasteiger partial charge is 0.435 e. The number of nitrogens with one attached hydrogen (secondary N) is 1. The highest BCUT2D eigenvalue weighted by atomic mass is 79.9. The van der Waals surface area contributed by atoms with Gasteiger partial charge in [-0.3, -0.25) is 9.59 Å². The quantitative estimate of drug-likeness (QED) is 0.279. The first kappa shape index (κ1) is 31.8. The predicted octanol–water partition coefficient (Wildman–Crippen LogP) is 8.43. The molecule has 4 nitrogen and oxygen atoms in total. The average molecular weight is 663 g/mol. The molecule has 0 fully saturated rings. The van der Waals surface area contributed by atoms with Crippen LogP contribution in [0.1, 0.15) is 31.8 Å². The molecule has 0 heterocycles. The van der Waals surface area contributed by atoms with E-state index in [1.807, 2.05) is 0 Å². The molecule has 0 radical (unpaired) electrons. The van der Waals surface area contributed by atoms with Crippen LogP contribution in [0.2, 0.25) is 0 Å². The molecule has 1 N–H and O–H groups in total. The highest BCUT2D eigenvalue weighted by Crippen LogP contribution is 2.55. The summed E-state index contributed by atoms with van der Waals surface area (Å²) in [4.78, 5) is 26.3. The van der Waals surface area contributed by atoms with Crippen LogP contribution < -0.4 is 10.2 Å². The van der Waals surface area contributed by atoms with Crippen LogP contribution in [-0.4, -0.2) is 31.2 Å². The van der Waals surface area contributed by atoms with E-state index >= 15 is 0 Å². The normalized spacial score (nSPS) is 12.7. The fourth-order valence-electron chi connectivity index (χ4n) is 3.62. The molecule has 0 unspecified atom stereocenters. The molecule has 2 amide bonds. The molecule has 3 rings (SSSR count). The van der Waals surface area contributed by atoms with Gasteiger partial charge in [-0.1, -0.05) is 18.2 Å². The van der Waals surface area contributed by atoms with Crippen molar-refractivity contribution in [2.75, 3.05) is 17.3 Å². The molecule has 0 spiro atoms. The maximum absolute atomic E-state index is 14.5. The molecule has 0 saturated carbocycles. The first-order valence-electron chi connectivity index (χ1n) is 10.9. The Kier molecular flexibility index (Phi) is 8.50. The fourth-order valence-corrected chi connectivity index (χ4v) is 4.18.